The van der Waals surface area contributed by atoms with Crippen molar-refractivity contribution in [1.82, 2.24) is 9.21 Å². The molecule has 0 aromatic heterocycles. The fourth-order valence-electron chi connectivity index (χ4n) is 2.55. The first kappa shape index (κ1) is 21.1. The minimum Gasteiger partial charge on any atom is -0.324 e. The summed E-state index contributed by atoms with van der Waals surface area (Å²) < 4.78 is 25.8. The average molecular weight is 390 g/mol. The number of carbonyl (C=O) groups is 1. The van der Waals surface area contributed by atoms with E-state index in [1.807, 2.05) is 56.1 Å². The molecule has 0 bridgehead atoms. The number of likely N-dealkylation sites (N-methyl/N-ethyl adjacent to an activating group) is 1. The molecule has 1 unspecified atom stereocenters. The molecule has 0 heterocycles. The lowest BCUT2D eigenvalue weighted by molar-refractivity contribution is -0.120. The molecule has 0 saturated carbocycles. The van der Waals surface area contributed by atoms with Gasteiger partial charge >= 0.3 is 0 Å². The van der Waals surface area contributed by atoms with E-state index in [4.69, 9.17) is 0 Å². The molecule has 1 atom stereocenters. The van der Waals surface area contributed by atoms with E-state index in [9.17, 15) is 13.2 Å². The highest BCUT2D eigenvalue weighted by atomic mass is 32.2. The Morgan fingerprint density at radius 1 is 1.07 bits per heavy atom. The number of hydrogen-bond acceptors (Lipinski definition) is 4. The maximum atomic E-state index is 12.7. The summed E-state index contributed by atoms with van der Waals surface area (Å²) in [7, 11) is 1.29. The first-order valence-electron chi connectivity index (χ1n) is 8.71. The van der Waals surface area contributed by atoms with Gasteiger partial charge in [0.25, 0.3) is 0 Å². The lowest BCUT2D eigenvalue weighted by atomic mass is 10.1. The summed E-state index contributed by atoms with van der Waals surface area (Å²) in [6.45, 7) is 4.30. The summed E-state index contributed by atoms with van der Waals surface area (Å²) in [4.78, 5) is 14.8. The molecular formula is C20H27N3O3S. The van der Waals surface area contributed by atoms with Gasteiger partial charge in [-0.1, -0.05) is 36.4 Å². The Labute approximate surface area is 161 Å². The molecule has 6 nitrogen and oxygen atoms in total. The average Bonchev–Trinajstić information content (AvgIpc) is 2.63. The molecule has 27 heavy (non-hydrogen) atoms. The molecule has 7 heteroatoms. The van der Waals surface area contributed by atoms with Gasteiger partial charge in [0.15, 0.2) is 0 Å². The molecule has 0 aliphatic rings. The molecule has 1 amide bonds. The molecule has 146 valence electrons. The summed E-state index contributed by atoms with van der Waals surface area (Å²) in [6.07, 6.45) is 0. The van der Waals surface area contributed by atoms with Crippen molar-refractivity contribution in [3.05, 3.63) is 59.7 Å². The number of carbonyl (C=O) groups excluding carboxylic acids is 1. The van der Waals surface area contributed by atoms with E-state index in [2.05, 4.69) is 5.32 Å². The second kappa shape index (κ2) is 8.65. The number of rotatable bonds is 7. The maximum Gasteiger partial charge on any atom is 0.242 e. The number of anilines is 1. The zero-order valence-corrected chi connectivity index (χ0v) is 17.2. The highest BCUT2D eigenvalue weighted by Gasteiger charge is 2.21. The van der Waals surface area contributed by atoms with Crippen molar-refractivity contribution in [2.24, 2.45) is 0 Å². The normalized spacial score (nSPS) is 13.0. The zero-order valence-electron chi connectivity index (χ0n) is 16.4. The lowest BCUT2D eigenvalue weighted by Gasteiger charge is -2.24. The number of amides is 1. The van der Waals surface area contributed by atoms with Gasteiger partial charge in [-0.05, 0) is 44.2 Å². The van der Waals surface area contributed by atoms with Crippen LogP contribution in [0.1, 0.15) is 18.1 Å². The maximum absolute atomic E-state index is 12.7. The predicted molar refractivity (Wildman–Crippen MR) is 108 cm³/mol. The fraction of sp³-hybridized carbons (Fsp3) is 0.350. The Hall–Kier alpha value is -2.22. The van der Waals surface area contributed by atoms with Crippen molar-refractivity contribution in [2.45, 2.75) is 31.3 Å². The van der Waals surface area contributed by atoms with Gasteiger partial charge in [-0.25, -0.2) is 12.7 Å². The summed E-state index contributed by atoms with van der Waals surface area (Å²) >= 11 is 0. The fourth-order valence-corrected chi connectivity index (χ4v) is 3.48. The minimum atomic E-state index is -3.56. The zero-order chi connectivity index (χ0) is 20.2. The predicted octanol–water partition coefficient (Wildman–Crippen LogP) is 2.70. The van der Waals surface area contributed by atoms with Gasteiger partial charge in [-0.2, -0.15) is 0 Å². The van der Waals surface area contributed by atoms with Crippen LogP contribution in [0.2, 0.25) is 0 Å². The van der Waals surface area contributed by atoms with E-state index in [1.165, 1.54) is 20.2 Å². The topological polar surface area (TPSA) is 69.7 Å². The Balaban J connectivity index is 2.14. The molecule has 0 aliphatic carbocycles. The molecular weight excluding hydrogens is 362 g/mol. The molecule has 0 spiro atoms. The van der Waals surface area contributed by atoms with Crippen LogP contribution >= 0.6 is 0 Å². The van der Waals surface area contributed by atoms with Gasteiger partial charge in [-0.15, -0.1) is 0 Å². The molecule has 0 fully saturated rings. The van der Waals surface area contributed by atoms with Crippen LogP contribution < -0.4 is 5.32 Å². The number of nitrogens with one attached hydrogen (secondary N) is 1. The van der Waals surface area contributed by atoms with Crippen LogP contribution in [0.4, 0.5) is 5.69 Å². The van der Waals surface area contributed by atoms with Gasteiger partial charge < -0.3 is 5.32 Å². The number of sulfonamides is 1. The molecule has 0 aliphatic heterocycles. The van der Waals surface area contributed by atoms with Crippen LogP contribution in [0, 0.1) is 6.92 Å². The van der Waals surface area contributed by atoms with Crippen molar-refractivity contribution in [3.63, 3.8) is 0 Å². The summed E-state index contributed by atoms with van der Waals surface area (Å²) in [5, 5.41) is 2.86. The Kier molecular flexibility index (Phi) is 6.75. The first-order chi connectivity index (χ1) is 12.6. The van der Waals surface area contributed by atoms with E-state index in [0.29, 0.717) is 12.2 Å². The van der Waals surface area contributed by atoms with Crippen molar-refractivity contribution < 1.29 is 13.2 Å². The Morgan fingerprint density at radius 2 is 1.70 bits per heavy atom. The van der Waals surface area contributed by atoms with E-state index in [1.54, 1.807) is 12.1 Å². The van der Waals surface area contributed by atoms with Crippen LogP contribution in [0.3, 0.4) is 0 Å². The van der Waals surface area contributed by atoms with E-state index in [0.717, 1.165) is 15.4 Å². The molecule has 2 aromatic rings. The monoisotopic (exact) mass is 389 g/mol. The van der Waals surface area contributed by atoms with Crippen molar-refractivity contribution in [1.29, 1.82) is 0 Å². The number of hydrogen-bond donors (Lipinski definition) is 1. The van der Waals surface area contributed by atoms with Gasteiger partial charge in [0.2, 0.25) is 15.9 Å². The van der Waals surface area contributed by atoms with Gasteiger partial charge in [0, 0.05) is 26.3 Å². The number of nitrogens with zero attached hydrogens (tertiary/aromatic N) is 2. The smallest absolute Gasteiger partial charge is 0.242 e. The SMILES string of the molecule is Cc1ccc(S(=O)(=O)N(C)C)cc1NC(=O)C(C)N(C)Cc1ccccc1. The van der Waals surface area contributed by atoms with E-state index < -0.39 is 10.0 Å². The van der Waals surface area contributed by atoms with Crippen molar-refractivity contribution in [3.8, 4) is 0 Å². The minimum absolute atomic E-state index is 0.152. The third kappa shape index (κ3) is 5.15. The van der Waals surface area contributed by atoms with Crippen LogP contribution in [-0.2, 0) is 21.4 Å². The third-order valence-electron chi connectivity index (χ3n) is 4.56. The second-order valence-electron chi connectivity index (χ2n) is 6.83. The molecule has 1 N–H and O–H groups in total. The number of benzene rings is 2. The van der Waals surface area contributed by atoms with Crippen LogP contribution in [0.15, 0.2) is 53.4 Å². The summed E-state index contributed by atoms with van der Waals surface area (Å²) in [5.74, 6) is -0.184. The highest BCUT2D eigenvalue weighted by Crippen LogP contribution is 2.22. The van der Waals surface area contributed by atoms with E-state index in [-0.39, 0.29) is 16.8 Å². The van der Waals surface area contributed by atoms with Crippen molar-refractivity contribution in [2.75, 3.05) is 26.5 Å². The highest BCUT2D eigenvalue weighted by molar-refractivity contribution is 7.89. The van der Waals surface area contributed by atoms with Gasteiger partial charge in [0.1, 0.15) is 0 Å². The van der Waals surface area contributed by atoms with Crippen LogP contribution in [0.5, 0.6) is 0 Å². The molecule has 0 radical (unpaired) electrons. The van der Waals surface area contributed by atoms with Gasteiger partial charge in [-0.3, -0.25) is 9.69 Å². The molecule has 0 saturated heterocycles. The Morgan fingerprint density at radius 3 is 2.30 bits per heavy atom. The summed E-state index contributed by atoms with van der Waals surface area (Å²) in [5.41, 5.74) is 2.43. The standard InChI is InChI=1S/C20H27N3O3S/c1-15-11-12-18(27(25,26)22(3)4)13-19(15)21-20(24)16(2)23(5)14-17-9-7-6-8-10-17/h6-13,16H,14H2,1-5H3,(H,21,24). The molecule has 2 aromatic carbocycles. The first-order valence-corrected chi connectivity index (χ1v) is 10.1. The van der Waals surface area contributed by atoms with E-state index >= 15 is 0 Å². The van der Waals surface area contributed by atoms with Crippen molar-refractivity contribution >= 4 is 21.6 Å². The van der Waals surface area contributed by atoms with Crippen LogP contribution in [-0.4, -0.2) is 50.7 Å². The Bertz CT molecular complexity index is 896. The largest absolute Gasteiger partial charge is 0.324 e. The number of aryl methyl sites for hydroxylation is 1. The quantitative estimate of drug-likeness (QED) is 0.790. The second-order valence-corrected chi connectivity index (χ2v) is 8.98. The third-order valence-corrected chi connectivity index (χ3v) is 6.37. The molecule has 2 rings (SSSR count). The summed E-state index contributed by atoms with van der Waals surface area (Å²) in [6, 6.07) is 14.3. The lowest BCUT2D eigenvalue weighted by Crippen LogP contribution is -2.39. The van der Waals surface area contributed by atoms with Gasteiger partial charge in [0.05, 0.1) is 10.9 Å². The van der Waals surface area contributed by atoms with Crippen LogP contribution in [0.25, 0.3) is 0 Å².